The SMILES string of the molecule is CC(C)(C)C1NCC2CNSC3CCCC(NCCC[C@@H]4CN(C2N1)C(C)(C)C4)N3. The molecule has 174 valence electrons. The maximum atomic E-state index is 4.05. The average molecular weight is 439 g/mol. The van der Waals surface area contributed by atoms with E-state index in [0.29, 0.717) is 29.8 Å². The number of fused-ring (bicyclic) bond motifs is 6. The van der Waals surface area contributed by atoms with Crippen molar-refractivity contribution in [3.63, 3.8) is 0 Å². The third kappa shape index (κ3) is 5.53. The topological polar surface area (TPSA) is 63.4 Å². The van der Waals surface area contributed by atoms with Crippen molar-refractivity contribution in [2.75, 3.05) is 26.2 Å². The zero-order valence-electron chi connectivity index (χ0n) is 19.9. The molecule has 0 radical (unpaired) electrons. The number of nitrogens with zero attached hydrogens (tertiary/aromatic N) is 1. The third-order valence-corrected chi connectivity index (χ3v) is 8.68. The molecule has 5 N–H and O–H groups in total. The van der Waals surface area contributed by atoms with E-state index in [9.17, 15) is 0 Å². The van der Waals surface area contributed by atoms with Crippen molar-refractivity contribution in [3.05, 3.63) is 0 Å². The molecular formula is C23H46N6S. The van der Waals surface area contributed by atoms with Gasteiger partial charge in [-0.05, 0) is 70.3 Å². The van der Waals surface area contributed by atoms with Crippen LogP contribution in [0.15, 0.2) is 0 Å². The number of hydrogen-bond donors (Lipinski definition) is 5. The second-order valence-corrected chi connectivity index (χ2v) is 12.9. The highest BCUT2D eigenvalue weighted by Crippen LogP contribution is 2.38. The lowest BCUT2D eigenvalue weighted by molar-refractivity contribution is 0.00214. The van der Waals surface area contributed by atoms with Crippen molar-refractivity contribution < 1.29 is 0 Å². The van der Waals surface area contributed by atoms with Gasteiger partial charge in [-0.15, -0.1) is 0 Å². The molecule has 4 fully saturated rings. The maximum Gasteiger partial charge on any atom is 0.0690 e. The first kappa shape index (κ1) is 23.3. The fourth-order valence-corrected chi connectivity index (χ4v) is 7.03. The highest BCUT2D eigenvalue weighted by molar-refractivity contribution is 7.98. The molecular weight excluding hydrogens is 392 g/mol. The average Bonchev–Trinajstić information content (AvgIpc) is 2.98. The molecule has 4 rings (SSSR count). The number of nitrogens with one attached hydrogen (secondary N) is 5. The molecule has 4 heterocycles. The zero-order chi connectivity index (χ0) is 21.4. The van der Waals surface area contributed by atoms with Crippen LogP contribution in [0.1, 0.15) is 73.1 Å². The van der Waals surface area contributed by atoms with Crippen LogP contribution >= 0.6 is 11.9 Å². The van der Waals surface area contributed by atoms with Gasteiger partial charge in [-0.3, -0.25) is 20.3 Å². The zero-order valence-corrected chi connectivity index (χ0v) is 20.7. The molecule has 0 amide bonds. The highest BCUT2D eigenvalue weighted by Gasteiger charge is 2.46. The molecule has 7 atom stereocenters. The molecule has 4 bridgehead atoms. The third-order valence-electron chi connectivity index (χ3n) is 7.69. The molecule has 30 heavy (non-hydrogen) atoms. The standard InChI is InChI=1S/C23H46N6S/c1-22(2,3)21-25-13-17-14-26-30-19-10-6-9-18(27-19)24-11-7-8-16-12-23(4,5)29(15-16)20(17)28-21/h16-21,24-28H,6-15H2,1-5H3/t16-,17?,18?,19?,20?,21?/m0/s1. The molecule has 0 aromatic heterocycles. The fraction of sp³-hybridized carbons (Fsp3) is 1.00. The van der Waals surface area contributed by atoms with E-state index in [1.54, 1.807) is 0 Å². The van der Waals surface area contributed by atoms with Gasteiger partial charge in [0.25, 0.3) is 0 Å². The van der Waals surface area contributed by atoms with Gasteiger partial charge in [-0.2, -0.15) is 0 Å². The first-order valence-electron chi connectivity index (χ1n) is 12.4. The molecule has 0 spiro atoms. The lowest BCUT2D eigenvalue weighted by atomic mass is 9.87. The quantitative estimate of drug-likeness (QED) is 0.373. The van der Waals surface area contributed by atoms with Gasteiger partial charge in [0.1, 0.15) is 0 Å². The van der Waals surface area contributed by atoms with E-state index in [2.05, 4.69) is 65.5 Å². The molecule has 6 nitrogen and oxygen atoms in total. The largest absolute Gasteiger partial charge is 0.302 e. The summed E-state index contributed by atoms with van der Waals surface area (Å²) in [6.45, 7) is 16.5. The Morgan fingerprint density at radius 1 is 0.967 bits per heavy atom. The Labute approximate surface area is 189 Å². The van der Waals surface area contributed by atoms with Crippen LogP contribution < -0.4 is 26.0 Å². The number of hydrogen-bond acceptors (Lipinski definition) is 7. The Bertz CT molecular complexity index is 564. The first-order chi connectivity index (χ1) is 14.2. The smallest absolute Gasteiger partial charge is 0.0690 e. The summed E-state index contributed by atoms with van der Waals surface area (Å²) in [5, 5.41) is 16.0. The lowest BCUT2D eigenvalue weighted by Gasteiger charge is -2.50. The molecule has 4 aliphatic heterocycles. The second kappa shape index (κ2) is 9.54. The molecule has 0 aromatic carbocycles. The maximum absolute atomic E-state index is 4.05. The van der Waals surface area contributed by atoms with Crippen molar-refractivity contribution in [2.24, 2.45) is 17.3 Å². The molecule has 6 unspecified atom stereocenters. The summed E-state index contributed by atoms with van der Waals surface area (Å²) in [7, 11) is 0. The Balaban J connectivity index is 1.51. The van der Waals surface area contributed by atoms with Crippen LogP contribution in [0.4, 0.5) is 0 Å². The summed E-state index contributed by atoms with van der Waals surface area (Å²) < 4.78 is 3.77. The summed E-state index contributed by atoms with van der Waals surface area (Å²) in [4.78, 5) is 2.82. The minimum atomic E-state index is 0.208. The monoisotopic (exact) mass is 438 g/mol. The summed E-state index contributed by atoms with van der Waals surface area (Å²) in [6.07, 6.45) is 9.05. The molecule has 0 saturated carbocycles. The minimum absolute atomic E-state index is 0.208. The van der Waals surface area contributed by atoms with Gasteiger partial charge in [-0.1, -0.05) is 32.7 Å². The van der Waals surface area contributed by atoms with Gasteiger partial charge in [-0.25, -0.2) is 0 Å². The van der Waals surface area contributed by atoms with Crippen LogP contribution in [0.5, 0.6) is 0 Å². The van der Waals surface area contributed by atoms with Crippen molar-refractivity contribution in [1.29, 1.82) is 0 Å². The van der Waals surface area contributed by atoms with Crippen LogP contribution in [0.25, 0.3) is 0 Å². The summed E-state index contributed by atoms with van der Waals surface area (Å²) in [5.41, 5.74) is 0.468. The predicted octanol–water partition coefficient (Wildman–Crippen LogP) is 2.64. The van der Waals surface area contributed by atoms with Crippen molar-refractivity contribution in [3.8, 4) is 0 Å². The Kier molecular flexibility index (Phi) is 7.40. The van der Waals surface area contributed by atoms with Gasteiger partial charge in [0.2, 0.25) is 0 Å². The highest BCUT2D eigenvalue weighted by atomic mass is 32.2. The van der Waals surface area contributed by atoms with E-state index in [4.69, 9.17) is 0 Å². The lowest BCUT2D eigenvalue weighted by Crippen LogP contribution is -2.70. The predicted molar refractivity (Wildman–Crippen MR) is 128 cm³/mol. The van der Waals surface area contributed by atoms with E-state index in [-0.39, 0.29) is 11.0 Å². The molecule has 0 aromatic rings. The molecule has 4 aliphatic rings. The van der Waals surface area contributed by atoms with Crippen LogP contribution in [-0.4, -0.2) is 60.5 Å². The van der Waals surface area contributed by atoms with E-state index in [1.165, 1.54) is 45.1 Å². The van der Waals surface area contributed by atoms with Gasteiger partial charge < -0.3 is 10.6 Å². The van der Waals surface area contributed by atoms with E-state index in [1.807, 2.05) is 11.9 Å². The molecule has 7 heteroatoms. The van der Waals surface area contributed by atoms with E-state index in [0.717, 1.165) is 25.6 Å². The van der Waals surface area contributed by atoms with E-state index >= 15 is 0 Å². The summed E-state index contributed by atoms with van der Waals surface area (Å²) >= 11 is 1.91. The summed E-state index contributed by atoms with van der Waals surface area (Å²) in [6, 6.07) is 0. The van der Waals surface area contributed by atoms with Gasteiger partial charge in [0, 0.05) is 31.1 Å². The van der Waals surface area contributed by atoms with Crippen LogP contribution in [0.2, 0.25) is 0 Å². The van der Waals surface area contributed by atoms with Crippen LogP contribution in [0.3, 0.4) is 0 Å². The number of rotatable bonds is 0. The normalized spacial score (nSPS) is 43.3. The molecule has 4 saturated heterocycles. The van der Waals surface area contributed by atoms with Crippen molar-refractivity contribution in [1.82, 2.24) is 30.9 Å². The first-order valence-corrected chi connectivity index (χ1v) is 13.2. The van der Waals surface area contributed by atoms with Gasteiger partial charge >= 0.3 is 0 Å². The van der Waals surface area contributed by atoms with Crippen molar-refractivity contribution in [2.45, 2.75) is 103 Å². The Hall–Kier alpha value is 0.110. The minimum Gasteiger partial charge on any atom is -0.302 e. The van der Waals surface area contributed by atoms with Crippen LogP contribution in [0, 0.1) is 17.3 Å². The Morgan fingerprint density at radius 2 is 1.80 bits per heavy atom. The van der Waals surface area contributed by atoms with Crippen molar-refractivity contribution >= 4 is 11.9 Å². The number of piperidine rings is 1. The fourth-order valence-electron chi connectivity index (χ4n) is 6.00. The van der Waals surface area contributed by atoms with Crippen LogP contribution in [-0.2, 0) is 0 Å². The molecule has 0 aliphatic carbocycles. The summed E-state index contributed by atoms with van der Waals surface area (Å²) in [5.74, 6) is 1.38. The van der Waals surface area contributed by atoms with Gasteiger partial charge in [0.05, 0.1) is 23.9 Å². The van der Waals surface area contributed by atoms with Gasteiger partial charge in [0.15, 0.2) is 0 Å². The second-order valence-electron chi connectivity index (χ2n) is 11.8. The van der Waals surface area contributed by atoms with E-state index < -0.39 is 0 Å². The Morgan fingerprint density at radius 3 is 2.60 bits per heavy atom.